The first-order chi connectivity index (χ1) is 18.0. The molecule has 3 aromatic rings. The van der Waals surface area contributed by atoms with Gasteiger partial charge in [-0.15, -0.1) is 0 Å². The number of carbonyl (C=O) groups excluding carboxylic acids is 2. The van der Waals surface area contributed by atoms with E-state index in [1.54, 1.807) is 53.7 Å². The molecule has 3 N–H and O–H groups in total. The van der Waals surface area contributed by atoms with Gasteiger partial charge in [-0.1, -0.05) is 47.6 Å². The van der Waals surface area contributed by atoms with E-state index >= 15 is 0 Å². The molecule has 1 aliphatic rings. The van der Waals surface area contributed by atoms with Crippen molar-refractivity contribution in [2.24, 2.45) is 5.16 Å². The molecular weight excluding hydrogens is 472 g/mol. The van der Waals surface area contributed by atoms with E-state index in [9.17, 15) is 19.8 Å². The number of benzene rings is 2. The molecule has 1 saturated heterocycles. The largest absolute Gasteiger partial charge is 0.399 e. The van der Waals surface area contributed by atoms with Crippen molar-refractivity contribution in [2.75, 3.05) is 20.3 Å². The number of aliphatic hydroxyl groups excluding tert-OH is 2. The highest BCUT2D eigenvalue weighted by atomic mass is 16.6. The number of pyridine rings is 1. The second-order valence-corrected chi connectivity index (χ2v) is 8.86. The summed E-state index contributed by atoms with van der Waals surface area (Å²) in [5, 5.41) is 27.1. The molecule has 9 heteroatoms. The fourth-order valence-electron chi connectivity index (χ4n) is 4.49. The minimum atomic E-state index is -1.07. The van der Waals surface area contributed by atoms with Crippen molar-refractivity contribution in [1.82, 2.24) is 15.2 Å². The van der Waals surface area contributed by atoms with Crippen LogP contribution in [0.5, 0.6) is 0 Å². The second kappa shape index (κ2) is 12.2. The van der Waals surface area contributed by atoms with Crippen LogP contribution in [0.2, 0.25) is 0 Å². The minimum Gasteiger partial charge on any atom is -0.399 e. The maximum Gasteiger partial charge on any atom is 0.254 e. The Morgan fingerprint density at radius 1 is 1.08 bits per heavy atom. The minimum absolute atomic E-state index is 0.0123. The summed E-state index contributed by atoms with van der Waals surface area (Å²) in [5.74, 6) is -0.605. The molecule has 9 nitrogen and oxygen atoms in total. The van der Waals surface area contributed by atoms with Crippen molar-refractivity contribution in [3.63, 3.8) is 0 Å². The van der Waals surface area contributed by atoms with Crippen LogP contribution >= 0.6 is 0 Å². The summed E-state index contributed by atoms with van der Waals surface area (Å²) < 4.78 is 0. The summed E-state index contributed by atoms with van der Waals surface area (Å²) in [4.78, 5) is 36.9. The summed E-state index contributed by atoms with van der Waals surface area (Å²) in [6, 6.07) is 18.6. The van der Waals surface area contributed by atoms with Crippen molar-refractivity contribution >= 4 is 17.5 Å². The monoisotopic (exact) mass is 502 g/mol. The third kappa shape index (κ3) is 6.38. The van der Waals surface area contributed by atoms with Gasteiger partial charge < -0.3 is 25.3 Å². The number of hydrogen-bond acceptors (Lipinski definition) is 7. The van der Waals surface area contributed by atoms with Gasteiger partial charge in [0.25, 0.3) is 5.91 Å². The molecule has 0 saturated carbocycles. The van der Waals surface area contributed by atoms with Crippen molar-refractivity contribution in [2.45, 2.75) is 31.0 Å². The lowest BCUT2D eigenvalue weighted by atomic mass is 10.0. The number of aromatic nitrogens is 1. The lowest BCUT2D eigenvalue weighted by molar-refractivity contribution is -0.124. The van der Waals surface area contributed by atoms with Gasteiger partial charge >= 0.3 is 0 Å². The van der Waals surface area contributed by atoms with Gasteiger partial charge in [-0.25, -0.2) is 0 Å². The van der Waals surface area contributed by atoms with Gasteiger partial charge in [0.2, 0.25) is 5.91 Å². The summed E-state index contributed by atoms with van der Waals surface area (Å²) in [5.41, 5.74) is 3.70. The number of nitrogens with zero attached hydrogens (tertiary/aromatic N) is 3. The molecule has 2 amide bonds. The molecule has 2 aromatic carbocycles. The first-order valence-electron chi connectivity index (χ1n) is 12.0. The van der Waals surface area contributed by atoms with Gasteiger partial charge in [-0.05, 0) is 41.0 Å². The average molecular weight is 503 g/mol. The molecule has 4 rings (SSSR count). The standard InChI is InChI=1S/C28H30N4O5/c1-37-31-23-15-24(16-26(34)30-25(18-33)27(35)21-5-3-2-4-6-21)32(17-23)28(36)22-9-7-19(8-10-22)20-11-13-29-14-12-20/h2-14,24-25,27,33,35H,15-18H2,1H3,(H,30,34)/t24-,25-,27-/m0/s1. The molecule has 0 unspecified atom stereocenters. The Morgan fingerprint density at radius 3 is 2.41 bits per heavy atom. The predicted molar refractivity (Wildman–Crippen MR) is 139 cm³/mol. The molecule has 37 heavy (non-hydrogen) atoms. The van der Waals surface area contributed by atoms with Crippen LogP contribution in [-0.2, 0) is 9.63 Å². The lowest BCUT2D eigenvalue weighted by Crippen LogP contribution is -2.45. The van der Waals surface area contributed by atoms with E-state index in [-0.39, 0.29) is 24.8 Å². The quantitative estimate of drug-likeness (QED) is 0.387. The van der Waals surface area contributed by atoms with Gasteiger partial charge in [0.1, 0.15) is 13.2 Å². The molecule has 3 atom stereocenters. The normalized spacial score (nSPS) is 17.9. The summed E-state index contributed by atoms with van der Waals surface area (Å²) in [6.45, 7) is -0.192. The van der Waals surface area contributed by atoms with Crippen LogP contribution in [-0.4, -0.2) is 70.0 Å². The molecule has 0 bridgehead atoms. The Hall–Kier alpha value is -4.08. The van der Waals surface area contributed by atoms with Crippen molar-refractivity contribution in [3.05, 3.63) is 90.3 Å². The molecule has 0 radical (unpaired) electrons. The maximum atomic E-state index is 13.4. The number of oxime groups is 1. The van der Waals surface area contributed by atoms with E-state index < -0.39 is 24.8 Å². The third-order valence-electron chi connectivity index (χ3n) is 6.38. The molecule has 0 aliphatic carbocycles. The third-order valence-corrected chi connectivity index (χ3v) is 6.38. The first kappa shape index (κ1) is 26.0. The van der Waals surface area contributed by atoms with Crippen LogP contribution < -0.4 is 5.32 Å². The van der Waals surface area contributed by atoms with Crippen LogP contribution in [0.1, 0.15) is 34.9 Å². The predicted octanol–water partition coefficient (Wildman–Crippen LogP) is 2.57. The van der Waals surface area contributed by atoms with E-state index in [1.807, 2.05) is 30.3 Å². The van der Waals surface area contributed by atoms with E-state index in [0.29, 0.717) is 23.3 Å². The van der Waals surface area contributed by atoms with Crippen LogP contribution in [0, 0.1) is 0 Å². The number of rotatable bonds is 9. The Bertz CT molecular complexity index is 1220. The van der Waals surface area contributed by atoms with Crippen molar-refractivity contribution < 1.29 is 24.6 Å². The van der Waals surface area contributed by atoms with E-state index in [4.69, 9.17) is 4.84 Å². The molecular formula is C28H30N4O5. The fourth-order valence-corrected chi connectivity index (χ4v) is 4.49. The number of likely N-dealkylation sites (tertiary alicyclic amines) is 1. The van der Waals surface area contributed by atoms with Crippen LogP contribution in [0.25, 0.3) is 11.1 Å². The summed E-state index contributed by atoms with van der Waals surface area (Å²) in [6.07, 6.45) is 2.73. The Labute approximate surface area is 215 Å². The summed E-state index contributed by atoms with van der Waals surface area (Å²) in [7, 11) is 1.44. The summed E-state index contributed by atoms with van der Waals surface area (Å²) >= 11 is 0. The fraction of sp³-hybridized carbons (Fsp3) is 0.286. The van der Waals surface area contributed by atoms with Gasteiger partial charge in [0.05, 0.1) is 24.9 Å². The Morgan fingerprint density at radius 2 is 1.76 bits per heavy atom. The van der Waals surface area contributed by atoms with E-state index in [0.717, 1.165) is 11.1 Å². The highest BCUT2D eigenvalue weighted by Crippen LogP contribution is 2.24. The average Bonchev–Trinajstić information content (AvgIpc) is 3.34. The molecule has 2 heterocycles. The molecule has 1 fully saturated rings. The number of carbonyl (C=O) groups is 2. The van der Waals surface area contributed by atoms with Crippen molar-refractivity contribution in [3.8, 4) is 11.1 Å². The molecule has 1 aromatic heterocycles. The van der Waals surface area contributed by atoms with Gasteiger partial charge in [-0.3, -0.25) is 14.6 Å². The van der Waals surface area contributed by atoms with Crippen LogP contribution in [0.4, 0.5) is 0 Å². The maximum absolute atomic E-state index is 13.4. The topological polar surface area (TPSA) is 124 Å². The zero-order valence-corrected chi connectivity index (χ0v) is 20.5. The molecule has 1 aliphatic heterocycles. The lowest BCUT2D eigenvalue weighted by Gasteiger charge is -2.26. The number of amides is 2. The number of hydrogen-bond donors (Lipinski definition) is 3. The van der Waals surface area contributed by atoms with Gasteiger partial charge in [-0.2, -0.15) is 0 Å². The van der Waals surface area contributed by atoms with E-state index in [2.05, 4.69) is 15.5 Å². The first-order valence-corrected chi connectivity index (χ1v) is 12.0. The van der Waals surface area contributed by atoms with Crippen LogP contribution in [0.3, 0.4) is 0 Å². The Balaban J connectivity index is 1.46. The highest BCUT2D eigenvalue weighted by molar-refractivity contribution is 6.01. The molecule has 192 valence electrons. The SMILES string of the molecule is CON=C1C[C@@H](CC(=O)N[C@@H](CO)[C@@H](O)c2ccccc2)N(C(=O)c2ccc(-c3ccncc3)cc2)C1. The van der Waals surface area contributed by atoms with Crippen molar-refractivity contribution in [1.29, 1.82) is 0 Å². The Kier molecular flexibility index (Phi) is 8.60. The van der Waals surface area contributed by atoms with Gasteiger partial charge in [0, 0.05) is 36.8 Å². The highest BCUT2D eigenvalue weighted by Gasteiger charge is 2.36. The zero-order chi connectivity index (χ0) is 26.2. The number of nitrogens with one attached hydrogen (secondary N) is 1. The van der Waals surface area contributed by atoms with Gasteiger partial charge in [0.15, 0.2) is 0 Å². The number of aliphatic hydroxyl groups is 2. The van der Waals surface area contributed by atoms with E-state index in [1.165, 1.54) is 7.11 Å². The second-order valence-electron chi connectivity index (χ2n) is 8.86. The zero-order valence-electron chi connectivity index (χ0n) is 20.5. The van der Waals surface area contributed by atoms with Crippen LogP contribution in [0.15, 0.2) is 84.3 Å². The molecule has 0 spiro atoms. The smallest absolute Gasteiger partial charge is 0.254 e.